The Kier molecular flexibility index (Phi) is 7.69. The minimum atomic E-state index is -5.08. The molecule has 3 heterocycles. The number of pyridine rings is 1. The average molecular weight is 473 g/mol. The Morgan fingerprint density at radius 3 is 2.25 bits per heavy atom. The van der Waals surface area contributed by atoms with Crippen molar-refractivity contribution in [1.29, 1.82) is 0 Å². The second-order valence-electron chi connectivity index (χ2n) is 6.49. The van der Waals surface area contributed by atoms with Crippen molar-refractivity contribution in [2.75, 3.05) is 0 Å². The van der Waals surface area contributed by atoms with Gasteiger partial charge in [0.25, 0.3) is 0 Å². The first-order chi connectivity index (χ1) is 14.7. The quantitative estimate of drug-likeness (QED) is 0.498. The van der Waals surface area contributed by atoms with Crippen LogP contribution in [0.15, 0.2) is 30.5 Å². The molecule has 0 amide bonds. The molecule has 15 heteroatoms. The lowest BCUT2D eigenvalue weighted by molar-refractivity contribution is -0.214. The highest BCUT2D eigenvalue weighted by atomic mass is 19.4. The van der Waals surface area contributed by atoms with Gasteiger partial charge in [-0.15, -0.1) is 0 Å². The number of aliphatic hydroxyl groups is 2. The van der Waals surface area contributed by atoms with Gasteiger partial charge in [-0.25, -0.2) is 9.78 Å². The molecule has 32 heavy (non-hydrogen) atoms. The van der Waals surface area contributed by atoms with Crippen molar-refractivity contribution in [3.63, 3.8) is 0 Å². The van der Waals surface area contributed by atoms with Gasteiger partial charge >= 0.3 is 18.3 Å². The maximum atomic E-state index is 12.8. The summed E-state index contributed by atoms with van der Waals surface area (Å²) in [5.74, 6) is -3.10. The smallest absolute Gasteiger partial charge is 0.475 e. The van der Waals surface area contributed by atoms with E-state index in [1.807, 2.05) is 0 Å². The number of rotatable bonds is 3. The number of carbonyl (C=O) groups is 1. The Morgan fingerprint density at radius 1 is 1.12 bits per heavy atom. The normalized spacial score (nSPS) is 26.1. The summed E-state index contributed by atoms with van der Waals surface area (Å²) in [6.07, 6.45) is -13.7. The summed E-state index contributed by atoms with van der Waals surface area (Å²) in [7, 11) is 0. The molecular weight excluding hydrogens is 456 g/mol. The van der Waals surface area contributed by atoms with Crippen LogP contribution in [0.2, 0.25) is 0 Å². The zero-order valence-electron chi connectivity index (χ0n) is 16.0. The monoisotopic (exact) mass is 473 g/mol. The summed E-state index contributed by atoms with van der Waals surface area (Å²) in [6, 6.07) is 4.76. The predicted molar refractivity (Wildman–Crippen MR) is 91.2 cm³/mol. The molecular formula is C17H17F6N3O6. The summed E-state index contributed by atoms with van der Waals surface area (Å²) in [5, 5.41) is 34.0. The summed E-state index contributed by atoms with van der Waals surface area (Å²) in [6.45, 7) is 1.56. The fraction of sp³-hybridized carbons (Fsp3) is 0.471. The van der Waals surface area contributed by atoms with Crippen LogP contribution in [0.5, 0.6) is 5.88 Å². The van der Waals surface area contributed by atoms with Gasteiger partial charge < -0.3 is 24.8 Å². The van der Waals surface area contributed by atoms with E-state index in [4.69, 9.17) is 19.4 Å². The molecule has 1 aliphatic rings. The van der Waals surface area contributed by atoms with Gasteiger partial charge in [-0.05, 0) is 19.1 Å². The van der Waals surface area contributed by atoms with Crippen LogP contribution < -0.4 is 4.74 Å². The Bertz CT molecular complexity index is 892. The van der Waals surface area contributed by atoms with Gasteiger partial charge in [0, 0.05) is 12.3 Å². The molecule has 9 nitrogen and oxygen atoms in total. The largest absolute Gasteiger partial charge is 0.490 e. The van der Waals surface area contributed by atoms with Crippen LogP contribution in [-0.4, -0.2) is 67.1 Å². The van der Waals surface area contributed by atoms with Crippen molar-refractivity contribution in [1.82, 2.24) is 15.2 Å². The van der Waals surface area contributed by atoms with Gasteiger partial charge in [0.2, 0.25) is 5.88 Å². The minimum Gasteiger partial charge on any atom is -0.475 e. The van der Waals surface area contributed by atoms with Gasteiger partial charge in [0.15, 0.2) is 6.10 Å². The van der Waals surface area contributed by atoms with Crippen LogP contribution in [-0.2, 0) is 15.7 Å². The molecule has 1 aliphatic heterocycles. The number of hydrogen-bond donors (Lipinski definition) is 4. The predicted octanol–water partition coefficient (Wildman–Crippen LogP) is 2.09. The summed E-state index contributed by atoms with van der Waals surface area (Å²) in [5.41, 5.74) is -0.740. The number of hydrogen-bond acceptors (Lipinski definition) is 7. The van der Waals surface area contributed by atoms with Gasteiger partial charge in [0.1, 0.15) is 24.0 Å². The molecule has 1 saturated heterocycles. The standard InChI is InChI=1S/C15H16F3N3O4.C2HF3O2/c1-7-11(22)12(23)14(13(24-7)8-5-6-19-21-8)25-10-4-2-3-9(20-10)15(16,17)18;3-2(4,5)1(6)7/h2-7,11-14,22-23H,1H3,(H,19,21);(H,6,7)/t7-,11+,12+,13-,14-;/m1./s1. The molecule has 0 aromatic carbocycles. The number of carboxylic acid groups (broad SMARTS) is 1. The van der Waals surface area contributed by atoms with Crippen molar-refractivity contribution in [2.45, 2.75) is 49.8 Å². The molecule has 3 rings (SSSR count). The van der Waals surface area contributed by atoms with Crippen LogP contribution in [0, 0.1) is 0 Å². The number of aromatic amines is 1. The van der Waals surface area contributed by atoms with Crippen molar-refractivity contribution >= 4 is 5.97 Å². The van der Waals surface area contributed by atoms with Crippen LogP contribution in [0.25, 0.3) is 0 Å². The number of aliphatic carboxylic acids is 1. The Labute approximate surface area is 175 Å². The topological polar surface area (TPSA) is 138 Å². The van der Waals surface area contributed by atoms with Crippen LogP contribution >= 0.6 is 0 Å². The van der Waals surface area contributed by atoms with Crippen LogP contribution in [0.3, 0.4) is 0 Å². The summed E-state index contributed by atoms with van der Waals surface area (Å²) >= 11 is 0. The van der Waals surface area contributed by atoms with Crippen molar-refractivity contribution in [3.8, 4) is 5.88 Å². The van der Waals surface area contributed by atoms with E-state index in [0.29, 0.717) is 5.69 Å². The number of halogens is 6. The number of nitrogens with one attached hydrogen (secondary N) is 1. The lowest BCUT2D eigenvalue weighted by Crippen LogP contribution is -2.55. The zero-order chi connectivity index (χ0) is 24.3. The highest BCUT2D eigenvalue weighted by molar-refractivity contribution is 5.73. The molecule has 1 fully saturated rings. The Morgan fingerprint density at radius 2 is 1.75 bits per heavy atom. The zero-order valence-corrected chi connectivity index (χ0v) is 16.0. The lowest BCUT2D eigenvalue weighted by Gasteiger charge is -2.40. The molecule has 5 atom stereocenters. The maximum absolute atomic E-state index is 12.8. The maximum Gasteiger partial charge on any atom is 0.490 e. The highest BCUT2D eigenvalue weighted by Gasteiger charge is 2.46. The molecule has 178 valence electrons. The minimum absolute atomic E-state index is 0.343. The third-order valence-electron chi connectivity index (χ3n) is 4.15. The van der Waals surface area contributed by atoms with E-state index in [1.165, 1.54) is 12.3 Å². The molecule has 2 aromatic heterocycles. The highest BCUT2D eigenvalue weighted by Crippen LogP contribution is 2.35. The van der Waals surface area contributed by atoms with Crippen molar-refractivity contribution in [3.05, 3.63) is 41.9 Å². The number of aliphatic hydroxyl groups excluding tert-OH is 2. The van der Waals surface area contributed by atoms with E-state index in [1.54, 1.807) is 13.0 Å². The van der Waals surface area contributed by atoms with E-state index in [-0.39, 0.29) is 5.88 Å². The molecule has 2 aromatic rings. The Hall–Kier alpha value is -2.91. The molecule has 0 aliphatic carbocycles. The second kappa shape index (κ2) is 9.70. The molecule has 0 saturated carbocycles. The first-order valence-corrected chi connectivity index (χ1v) is 8.74. The molecule has 0 bridgehead atoms. The number of ether oxygens (including phenoxy) is 2. The second-order valence-corrected chi connectivity index (χ2v) is 6.49. The number of alkyl halides is 6. The third kappa shape index (κ3) is 6.30. The van der Waals surface area contributed by atoms with Crippen LogP contribution in [0.4, 0.5) is 26.3 Å². The number of carboxylic acids is 1. The fourth-order valence-electron chi connectivity index (χ4n) is 2.62. The van der Waals surface area contributed by atoms with E-state index in [0.717, 1.165) is 12.1 Å². The van der Waals surface area contributed by atoms with E-state index in [2.05, 4.69) is 15.2 Å². The van der Waals surface area contributed by atoms with Gasteiger partial charge in [0.05, 0.1) is 11.8 Å². The summed E-state index contributed by atoms with van der Waals surface area (Å²) in [4.78, 5) is 12.3. The molecule has 0 unspecified atom stereocenters. The molecule has 4 N–H and O–H groups in total. The van der Waals surface area contributed by atoms with Gasteiger partial charge in [-0.2, -0.15) is 31.4 Å². The number of aromatic nitrogens is 3. The number of nitrogens with zero attached hydrogens (tertiary/aromatic N) is 2. The molecule has 0 radical (unpaired) electrons. The first-order valence-electron chi connectivity index (χ1n) is 8.74. The molecule has 0 spiro atoms. The SMILES string of the molecule is C[C@H]1O[C@H](c2cc[nH]n2)[C@H](Oc2cccc(C(F)(F)F)n2)[C@@H](O)[C@H]1O.O=C(O)C(F)(F)F. The van der Waals surface area contributed by atoms with E-state index >= 15 is 0 Å². The fourth-order valence-corrected chi connectivity index (χ4v) is 2.62. The van der Waals surface area contributed by atoms with Crippen molar-refractivity contribution < 1.29 is 55.9 Å². The first kappa shape index (κ1) is 25.4. The lowest BCUT2D eigenvalue weighted by atomic mass is 9.94. The summed E-state index contributed by atoms with van der Waals surface area (Å²) < 4.78 is 81.2. The van der Waals surface area contributed by atoms with Gasteiger partial charge in [-0.1, -0.05) is 6.07 Å². The number of H-pyrrole nitrogens is 1. The van der Waals surface area contributed by atoms with Crippen LogP contribution in [0.1, 0.15) is 24.4 Å². The average Bonchev–Trinajstić information content (AvgIpc) is 3.22. The van der Waals surface area contributed by atoms with Gasteiger partial charge in [-0.3, -0.25) is 5.10 Å². The van der Waals surface area contributed by atoms with E-state index < -0.39 is 54.5 Å². The van der Waals surface area contributed by atoms with Crippen molar-refractivity contribution in [2.24, 2.45) is 0 Å². The van der Waals surface area contributed by atoms with E-state index in [9.17, 15) is 36.6 Å². The Balaban J connectivity index is 0.000000451. The third-order valence-corrected chi connectivity index (χ3v) is 4.15.